The largest absolute Gasteiger partial charge is 0.339 e. The zero-order chi connectivity index (χ0) is 17.1. The number of likely N-dealkylation sites (tertiary alicyclic amines) is 1. The van der Waals surface area contributed by atoms with Gasteiger partial charge in [-0.05, 0) is 24.8 Å². The number of piperazine rings is 1. The Morgan fingerprint density at radius 3 is 2.54 bits per heavy atom. The van der Waals surface area contributed by atoms with E-state index in [2.05, 4.69) is 16.9 Å². The van der Waals surface area contributed by atoms with Crippen molar-refractivity contribution in [1.82, 2.24) is 19.8 Å². The second kappa shape index (κ2) is 7.15. The van der Waals surface area contributed by atoms with Crippen molar-refractivity contribution in [3.63, 3.8) is 0 Å². The van der Waals surface area contributed by atoms with E-state index in [1.165, 1.54) is 6.42 Å². The van der Waals surface area contributed by atoms with Crippen molar-refractivity contribution in [3.8, 4) is 0 Å². The first-order chi connectivity index (χ1) is 11.5. The molecule has 2 amide bonds. The van der Waals surface area contributed by atoms with Crippen molar-refractivity contribution in [2.75, 3.05) is 44.2 Å². The van der Waals surface area contributed by atoms with Crippen LogP contribution in [0, 0.1) is 5.92 Å². The van der Waals surface area contributed by atoms with Crippen LogP contribution in [0.4, 0.5) is 5.95 Å². The molecule has 0 radical (unpaired) electrons. The normalized spacial score (nSPS) is 21.8. The molecule has 130 valence electrons. The van der Waals surface area contributed by atoms with Crippen LogP contribution in [-0.4, -0.2) is 70.9 Å². The van der Waals surface area contributed by atoms with Crippen molar-refractivity contribution >= 4 is 17.8 Å². The lowest BCUT2D eigenvalue weighted by Gasteiger charge is -2.34. The Labute approximate surface area is 142 Å². The molecule has 7 heteroatoms. The second-order valence-electron chi connectivity index (χ2n) is 6.73. The lowest BCUT2D eigenvalue weighted by atomic mass is 10.00. The average Bonchev–Trinajstić information content (AvgIpc) is 2.61. The van der Waals surface area contributed by atoms with Gasteiger partial charge in [-0.2, -0.15) is 0 Å². The van der Waals surface area contributed by atoms with Crippen LogP contribution in [-0.2, 0) is 4.79 Å². The van der Waals surface area contributed by atoms with Crippen LogP contribution in [0.15, 0.2) is 12.3 Å². The number of nitrogens with zero attached hydrogens (tertiary/aromatic N) is 5. The summed E-state index contributed by atoms with van der Waals surface area (Å²) in [5.41, 5.74) is 0.461. The highest BCUT2D eigenvalue weighted by molar-refractivity contribution is 5.92. The summed E-state index contributed by atoms with van der Waals surface area (Å²) in [6.07, 6.45) is 3.89. The van der Waals surface area contributed by atoms with E-state index >= 15 is 0 Å². The predicted molar refractivity (Wildman–Crippen MR) is 90.8 cm³/mol. The topological polar surface area (TPSA) is 69.6 Å². The Kier molecular flexibility index (Phi) is 4.97. The summed E-state index contributed by atoms with van der Waals surface area (Å²) >= 11 is 0. The van der Waals surface area contributed by atoms with E-state index in [0.29, 0.717) is 43.7 Å². The summed E-state index contributed by atoms with van der Waals surface area (Å²) in [4.78, 5) is 38.7. The molecule has 0 N–H and O–H groups in total. The fraction of sp³-hybridized carbons (Fsp3) is 0.647. The third-order valence-electron chi connectivity index (χ3n) is 4.81. The maximum atomic E-state index is 12.7. The lowest BCUT2D eigenvalue weighted by Crippen LogP contribution is -2.48. The van der Waals surface area contributed by atoms with E-state index in [4.69, 9.17) is 0 Å². The van der Waals surface area contributed by atoms with Crippen molar-refractivity contribution in [2.24, 2.45) is 5.92 Å². The molecule has 3 rings (SSSR count). The van der Waals surface area contributed by atoms with E-state index in [-0.39, 0.29) is 11.8 Å². The number of amides is 2. The van der Waals surface area contributed by atoms with Gasteiger partial charge in [0.2, 0.25) is 11.9 Å². The van der Waals surface area contributed by atoms with Crippen LogP contribution in [0.5, 0.6) is 0 Å². The molecule has 1 atom stereocenters. The molecule has 7 nitrogen and oxygen atoms in total. The van der Waals surface area contributed by atoms with Gasteiger partial charge in [0.25, 0.3) is 5.91 Å². The molecule has 0 bridgehead atoms. The van der Waals surface area contributed by atoms with Crippen LogP contribution in [0.25, 0.3) is 0 Å². The van der Waals surface area contributed by atoms with Crippen molar-refractivity contribution < 1.29 is 9.59 Å². The molecule has 1 unspecified atom stereocenters. The van der Waals surface area contributed by atoms with Gasteiger partial charge in [0, 0.05) is 52.4 Å². The minimum absolute atomic E-state index is 0.00688. The fourth-order valence-corrected chi connectivity index (χ4v) is 3.38. The Hall–Kier alpha value is -2.18. The van der Waals surface area contributed by atoms with E-state index in [0.717, 1.165) is 19.5 Å². The third-order valence-corrected chi connectivity index (χ3v) is 4.81. The SMILES string of the molecule is CC(=O)N1CCN(c2nccc(C(=O)N3CCCC(C)C3)n2)CC1. The van der Waals surface area contributed by atoms with E-state index in [1.807, 2.05) is 14.7 Å². The number of anilines is 1. The number of piperidine rings is 1. The second-order valence-corrected chi connectivity index (χ2v) is 6.73. The molecule has 0 saturated carbocycles. The molecule has 1 aromatic rings. The number of hydrogen-bond acceptors (Lipinski definition) is 5. The Morgan fingerprint density at radius 1 is 1.12 bits per heavy atom. The zero-order valence-electron chi connectivity index (χ0n) is 14.4. The van der Waals surface area contributed by atoms with Gasteiger partial charge in [-0.15, -0.1) is 0 Å². The first-order valence-corrected chi connectivity index (χ1v) is 8.67. The maximum absolute atomic E-state index is 12.7. The number of carbonyl (C=O) groups is 2. The molecule has 2 aliphatic heterocycles. The smallest absolute Gasteiger partial charge is 0.272 e. The van der Waals surface area contributed by atoms with Crippen LogP contribution in [0.3, 0.4) is 0 Å². The molecular formula is C17H25N5O2. The molecule has 0 aliphatic carbocycles. The van der Waals surface area contributed by atoms with E-state index in [9.17, 15) is 9.59 Å². The summed E-state index contributed by atoms with van der Waals surface area (Å²) in [5, 5.41) is 0. The molecule has 1 aromatic heterocycles. The third kappa shape index (κ3) is 3.66. The quantitative estimate of drug-likeness (QED) is 0.809. The Bertz CT molecular complexity index is 613. The Balaban J connectivity index is 1.68. The van der Waals surface area contributed by atoms with Gasteiger partial charge in [0.1, 0.15) is 5.69 Å². The molecular weight excluding hydrogens is 306 g/mol. The Morgan fingerprint density at radius 2 is 1.88 bits per heavy atom. The standard InChI is InChI=1S/C17H25N5O2/c1-13-4-3-7-22(12-13)16(24)15-5-6-18-17(19-15)21-10-8-20(9-11-21)14(2)23/h5-6,13H,3-4,7-12H2,1-2H3. The lowest BCUT2D eigenvalue weighted by molar-refractivity contribution is -0.129. The van der Waals surface area contributed by atoms with Crippen LogP contribution in [0.2, 0.25) is 0 Å². The van der Waals surface area contributed by atoms with Crippen LogP contribution < -0.4 is 4.90 Å². The van der Waals surface area contributed by atoms with Crippen molar-refractivity contribution in [3.05, 3.63) is 18.0 Å². The summed E-state index contributed by atoms with van der Waals surface area (Å²) < 4.78 is 0. The molecule has 2 aliphatic rings. The number of aromatic nitrogens is 2. The highest BCUT2D eigenvalue weighted by Crippen LogP contribution is 2.18. The van der Waals surface area contributed by atoms with Gasteiger partial charge >= 0.3 is 0 Å². The number of hydrogen-bond donors (Lipinski definition) is 0. The zero-order valence-corrected chi connectivity index (χ0v) is 14.4. The minimum Gasteiger partial charge on any atom is -0.339 e. The van der Waals surface area contributed by atoms with Gasteiger partial charge in [-0.1, -0.05) is 6.92 Å². The average molecular weight is 331 g/mol. The van der Waals surface area contributed by atoms with Gasteiger partial charge in [-0.25, -0.2) is 9.97 Å². The molecule has 3 heterocycles. The molecule has 24 heavy (non-hydrogen) atoms. The first-order valence-electron chi connectivity index (χ1n) is 8.67. The van der Waals surface area contributed by atoms with E-state index in [1.54, 1.807) is 19.2 Å². The highest BCUT2D eigenvalue weighted by Gasteiger charge is 2.25. The summed E-state index contributed by atoms with van der Waals surface area (Å²) in [6.45, 7) is 8.09. The van der Waals surface area contributed by atoms with Crippen molar-refractivity contribution in [2.45, 2.75) is 26.7 Å². The molecule has 0 spiro atoms. The van der Waals surface area contributed by atoms with Crippen LogP contribution >= 0.6 is 0 Å². The predicted octanol–water partition coefficient (Wildman–Crippen LogP) is 1.02. The van der Waals surface area contributed by atoms with Gasteiger partial charge in [-0.3, -0.25) is 9.59 Å². The monoisotopic (exact) mass is 331 g/mol. The van der Waals surface area contributed by atoms with Crippen LogP contribution in [0.1, 0.15) is 37.2 Å². The highest BCUT2D eigenvalue weighted by atomic mass is 16.2. The fourth-order valence-electron chi connectivity index (χ4n) is 3.38. The maximum Gasteiger partial charge on any atom is 0.272 e. The molecule has 2 saturated heterocycles. The van der Waals surface area contributed by atoms with Gasteiger partial charge in [0.05, 0.1) is 0 Å². The first kappa shape index (κ1) is 16.7. The van der Waals surface area contributed by atoms with Crippen molar-refractivity contribution in [1.29, 1.82) is 0 Å². The van der Waals surface area contributed by atoms with Gasteiger partial charge < -0.3 is 14.7 Å². The number of rotatable bonds is 2. The van der Waals surface area contributed by atoms with Gasteiger partial charge in [0.15, 0.2) is 0 Å². The minimum atomic E-state index is -0.00688. The molecule has 0 aromatic carbocycles. The molecule has 2 fully saturated rings. The number of carbonyl (C=O) groups excluding carboxylic acids is 2. The summed E-state index contributed by atoms with van der Waals surface area (Å²) in [5.74, 6) is 1.21. The summed E-state index contributed by atoms with van der Waals surface area (Å²) in [6, 6.07) is 1.69. The van der Waals surface area contributed by atoms with E-state index < -0.39 is 0 Å². The summed E-state index contributed by atoms with van der Waals surface area (Å²) in [7, 11) is 0.